The number of hydrogen-bond donors (Lipinski definition) is 1. The van der Waals surface area contributed by atoms with E-state index in [1.165, 1.54) is 0 Å². The summed E-state index contributed by atoms with van der Waals surface area (Å²) in [4.78, 5) is 27.9. The fourth-order valence-electron chi connectivity index (χ4n) is 3.79. The van der Waals surface area contributed by atoms with Crippen molar-refractivity contribution >= 4 is 34.0 Å². The molecule has 3 aromatic carbocycles. The van der Waals surface area contributed by atoms with E-state index in [2.05, 4.69) is 5.32 Å². The monoisotopic (exact) mass is 402 g/mol. The molecule has 1 aliphatic rings. The average Bonchev–Trinajstić information content (AvgIpc) is 2.83. The van der Waals surface area contributed by atoms with Crippen LogP contribution in [-0.4, -0.2) is 25.0 Å². The molecule has 0 unspecified atom stereocenters. The highest BCUT2D eigenvalue weighted by Gasteiger charge is 2.37. The van der Waals surface area contributed by atoms with Gasteiger partial charge in [0.1, 0.15) is 12.4 Å². The molecule has 0 fully saturated rings. The predicted octanol–water partition coefficient (Wildman–Crippen LogP) is 5.25. The fourth-order valence-corrected chi connectivity index (χ4v) is 3.79. The van der Waals surface area contributed by atoms with Gasteiger partial charge in [-0.1, -0.05) is 43.3 Å². The number of benzene rings is 3. The van der Waals surface area contributed by atoms with Gasteiger partial charge in [0.15, 0.2) is 0 Å². The third-order valence-electron chi connectivity index (χ3n) is 5.40. The fraction of sp³-hybridized carbons (Fsp3) is 0.280. The molecular formula is C25H26N2O3. The number of nitrogens with one attached hydrogen (secondary N) is 1. The molecule has 4 rings (SSSR count). The van der Waals surface area contributed by atoms with Gasteiger partial charge in [0.05, 0.1) is 11.1 Å². The number of rotatable bonds is 4. The Bertz CT molecular complexity index is 1120. The SMILES string of the molecule is CCCN1C(=O)C(C)(C)COc2ccc(NC(=O)c3cccc4ccccc34)cc21. The summed E-state index contributed by atoms with van der Waals surface area (Å²) in [6.45, 7) is 6.75. The van der Waals surface area contributed by atoms with Crippen LogP contribution in [0, 0.1) is 5.41 Å². The lowest BCUT2D eigenvalue weighted by atomic mass is 9.93. The molecule has 1 aliphatic heterocycles. The second-order valence-electron chi connectivity index (χ2n) is 8.29. The number of fused-ring (bicyclic) bond motifs is 2. The Morgan fingerprint density at radius 1 is 1.10 bits per heavy atom. The number of nitrogens with zero attached hydrogens (tertiary/aromatic N) is 1. The van der Waals surface area contributed by atoms with Crippen LogP contribution in [0.15, 0.2) is 60.7 Å². The first-order chi connectivity index (χ1) is 14.4. The van der Waals surface area contributed by atoms with Crippen molar-refractivity contribution < 1.29 is 14.3 Å². The molecule has 5 heteroatoms. The van der Waals surface area contributed by atoms with Crippen molar-refractivity contribution in [3.63, 3.8) is 0 Å². The van der Waals surface area contributed by atoms with Gasteiger partial charge in [-0.05, 0) is 55.3 Å². The molecule has 1 N–H and O–H groups in total. The Kier molecular flexibility index (Phi) is 5.20. The van der Waals surface area contributed by atoms with Crippen molar-refractivity contribution in [1.29, 1.82) is 0 Å². The van der Waals surface area contributed by atoms with E-state index in [0.717, 1.165) is 17.2 Å². The van der Waals surface area contributed by atoms with E-state index in [1.807, 2.05) is 81.4 Å². The van der Waals surface area contributed by atoms with E-state index < -0.39 is 5.41 Å². The number of ether oxygens (including phenoxy) is 1. The van der Waals surface area contributed by atoms with Gasteiger partial charge >= 0.3 is 0 Å². The second-order valence-corrected chi connectivity index (χ2v) is 8.29. The lowest BCUT2D eigenvalue weighted by Crippen LogP contribution is -2.42. The summed E-state index contributed by atoms with van der Waals surface area (Å²) in [6.07, 6.45) is 0.827. The standard InChI is InChI=1S/C25H26N2O3/c1-4-14-27-21-15-18(12-13-22(21)30-16-25(2,3)24(27)29)26-23(28)20-11-7-9-17-8-5-6-10-19(17)20/h5-13,15H,4,14,16H2,1-3H3,(H,26,28). The highest BCUT2D eigenvalue weighted by molar-refractivity contribution is 6.13. The molecular weight excluding hydrogens is 376 g/mol. The summed E-state index contributed by atoms with van der Waals surface area (Å²) >= 11 is 0. The number of carbonyl (C=O) groups is 2. The van der Waals surface area contributed by atoms with Crippen LogP contribution in [0.25, 0.3) is 10.8 Å². The van der Waals surface area contributed by atoms with Gasteiger partial charge in [0.25, 0.3) is 5.91 Å². The maximum absolute atomic E-state index is 13.1. The lowest BCUT2D eigenvalue weighted by Gasteiger charge is -2.27. The van der Waals surface area contributed by atoms with Crippen molar-refractivity contribution in [2.75, 3.05) is 23.4 Å². The second kappa shape index (κ2) is 7.82. The van der Waals surface area contributed by atoms with E-state index in [4.69, 9.17) is 4.74 Å². The van der Waals surface area contributed by atoms with E-state index in [0.29, 0.717) is 35.8 Å². The minimum absolute atomic E-state index is 0.0284. The Morgan fingerprint density at radius 3 is 2.67 bits per heavy atom. The van der Waals surface area contributed by atoms with Crippen LogP contribution >= 0.6 is 0 Å². The quantitative estimate of drug-likeness (QED) is 0.648. The molecule has 3 aromatic rings. The molecule has 1 heterocycles. The molecule has 5 nitrogen and oxygen atoms in total. The molecule has 0 saturated heterocycles. The highest BCUT2D eigenvalue weighted by atomic mass is 16.5. The molecule has 30 heavy (non-hydrogen) atoms. The molecule has 0 saturated carbocycles. The van der Waals surface area contributed by atoms with Crippen LogP contribution in [-0.2, 0) is 4.79 Å². The van der Waals surface area contributed by atoms with E-state index in [9.17, 15) is 9.59 Å². The van der Waals surface area contributed by atoms with Crippen LogP contribution < -0.4 is 15.0 Å². The summed E-state index contributed by atoms with van der Waals surface area (Å²) in [5.74, 6) is 0.501. The first-order valence-electron chi connectivity index (χ1n) is 10.3. The zero-order chi connectivity index (χ0) is 21.3. The number of amides is 2. The molecule has 0 spiro atoms. The number of anilines is 2. The predicted molar refractivity (Wildman–Crippen MR) is 120 cm³/mol. The minimum atomic E-state index is -0.611. The summed E-state index contributed by atoms with van der Waals surface area (Å²) in [5.41, 5.74) is 1.33. The summed E-state index contributed by atoms with van der Waals surface area (Å²) in [5, 5.41) is 4.91. The van der Waals surface area contributed by atoms with Crippen molar-refractivity contribution in [2.45, 2.75) is 27.2 Å². The van der Waals surface area contributed by atoms with Crippen LogP contribution in [0.2, 0.25) is 0 Å². The lowest BCUT2D eigenvalue weighted by molar-refractivity contribution is -0.127. The summed E-state index contributed by atoms with van der Waals surface area (Å²) < 4.78 is 5.94. The molecule has 0 bridgehead atoms. The third kappa shape index (κ3) is 3.63. The largest absolute Gasteiger partial charge is 0.490 e. The first kappa shape index (κ1) is 20.0. The maximum Gasteiger partial charge on any atom is 0.256 e. The van der Waals surface area contributed by atoms with Crippen molar-refractivity contribution in [3.05, 3.63) is 66.2 Å². The Morgan fingerprint density at radius 2 is 1.87 bits per heavy atom. The Hall–Kier alpha value is -3.34. The Labute approximate surface area is 176 Å². The summed E-state index contributed by atoms with van der Waals surface area (Å²) in [7, 11) is 0. The van der Waals surface area contributed by atoms with E-state index in [-0.39, 0.29) is 11.8 Å². The zero-order valence-electron chi connectivity index (χ0n) is 17.6. The van der Waals surface area contributed by atoms with Crippen molar-refractivity contribution in [2.24, 2.45) is 5.41 Å². The molecule has 2 amide bonds. The minimum Gasteiger partial charge on any atom is -0.490 e. The number of hydrogen-bond acceptors (Lipinski definition) is 3. The molecule has 154 valence electrons. The van der Waals surface area contributed by atoms with Crippen LogP contribution in [0.3, 0.4) is 0 Å². The van der Waals surface area contributed by atoms with E-state index in [1.54, 1.807) is 4.90 Å². The van der Waals surface area contributed by atoms with Gasteiger partial charge in [-0.3, -0.25) is 9.59 Å². The van der Waals surface area contributed by atoms with Crippen LogP contribution in [0.4, 0.5) is 11.4 Å². The van der Waals surface area contributed by atoms with Crippen LogP contribution in [0.1, 0.15) is 37.6 Å². The van der Waals surface area contributed by atoms with Gasteiger partial charge in [-0.25, -0.2) is 0 Å². The van der Waals surface area contributed by atoms with Gasteiger partial charge in [-0.2, -0.15) is 0 Å². The first-order valence-corrected chi connectivity index (χ1v) is 10.3. The van der Waals surface area contributed by atoms with Gasteiger partial charge in [0.2, 0.25) is 5.91 Å². The topological polar surface area (TPSA) is 58.6 Å². The summed E-state index contributed by atoms with van der Waals surface area (Å²) in [6, 6.07) is 19.0. The highest BCUT2D eigenvalue weighted by Crippen LogP contribution is 2.38. The van der Waals surface area contributed by atoms with Gasteiger partial charge in [0, 0.05) is 17.8 Å². The average molecular weight is 402 g/mol. The normalized spacial score (nSPS) is 15.3. The number of carbonyl (C=O) groups excluding carboxylic acids is 2. The molecule has 0 atom stereocenters. The third-order valence-corrected chi connectivity index (χ3v) is 5.40. The maximum atomic E-state index is 13.1. The smallest absolute Gasteiger partial charge is 0.256 e. The molecule has 0 aliphatic carbocycles. The van der Waals surface area contributed by atoms with Crippen molar-refractivity contribution in [1.82, 2.24) is 0 Å². The van der Waals surface area contributed by atoms with E-state index >= 15 is 0 Å². The van der Waals surface area contributed by atoms with Gasteiger partial charge < -0.3 is 15.0 Å². The Balaban J connectivity index is 1.68. The molecule has 0 aromatic heterocycles. The van der Waals surface area contributed by atoms with Crippen LogP contribution in [0.5, 0.6) is 5.75 Å². The van der Waals surface area contributed by atoms with Gasteiger partial charge in [-0.15, -0.1) is 0 Å². The molecule has 0 radical (unpaired) electrons. The zero-order valence-corrected chi connectivity index (χ0v) is 17.6. The van der Waals surface area contributed by atoms with Crippen molar-refractivity contribution in [3.8, 4) is 5.75 Å².